The van der Waals surface area contributed by atoms with Gasteiger partial charge >= 0.3 is 0 Å². The van der Waals surface area contributed by atoms with E-state index in [-0.39, 0.29) is 15.8 Å². The molecule has 8 heteroatoms. The van der Waals surface area contributed by atoms with Crippen LogP contribution in [0, 0.1) is 12.8 Å². The first-order chi connectivity index (χ1) is 7.92. The number of H-pyrrole nitrogens is 1. The fourth-order valence-electron chi connectivity index (χ4n) is 1.66. The molecule has 1 aromatic rings. The molecule has 4 N–H and O–H groups in total. The van der Waals surface area contributed by atoms with E-state index in [1.165, 1.54) is 6.20 Å². The van der Waals surface area contributed by atoms with Crippen molar-refractivity contribution in [3.05, 3.63) is 11.9 Å². The standard InChI is InChI=1S/C9H14N4O2S2/c1-5-7(4-11-12-5)17(14,15)13-8(9(10)16)6-2-3-6/h4,6,8,13H,2-3H2,1H3,(H2,10,16)(H,11,12). The molecule has 0 amide bonds. The van der Waals surface area contributed by atoms with E-state index in [1.807, 2.05) is 0 Å². The van der Waals surface area contributed by atoms with Gasteiger partial charge in [0, 0.05) is 0 Å². The van der Waals surface area contributed by atoms with E-state index < -0.39 is 16.1 Å². The van der Waals surface area contributed by atoms with Gasteiger partial charge in [-0.25, -0.2) is 13.1 Å². The zero-order valence-electron chi connectivity index (χ0n) is 9.30. The maximum absolute atomic E-state index is 12.1. The Labute approximate surface area is 105 Å². The van der Waals surface area contributed by atoms with Crippen molar-refractivity contribution < 1.29 is 8.42 Å². The maximum Gasteiger partial charge on any atom is 0.244 e. The van der Waals surface area contributed by atoms with Crippen LogP contribution >= 0.6 is 12.2 Å². The molecule has 17 heavy (non-hydrogen) atoms. The van der Waals surface area contributed by atoms with Crippen molar-refractivity contribution in [1.82, 2.24) is 14.9 Å². The second kappa shape index (κ2) is 4.35. The smallest absolute Gasteiger partial charge is 0.244 e. The number of aryl methyl sites for hydroxylation is 1. The van der Waals surface area contributed by atoms with E-state index in [2.05, 4.69) is 14.9 Å². The summed E-state index contributed by atoms with van der Waals surface area (Å²) in [5.74, 6) is 0.231. The normalized spacial score (nSPS) is 17.9. The van der Waals surface area contributed by atoms with Crippen molar-refractivity contribution in [2.45, 2.75) is 30.7 Å². The molecule has 0 spiro atoms. The molecule has 1 aliphatic carbocycles. The van der Waals surface area contributed by atoms with E-state index in [1.54, 1.807) is 6.92 Å². The van der Waals surface area contributed by atoms with Gasteiger partial charge in [-0.15, -0.1) is 0 Å². The Bertz CT molecular complexity index is 533. The molecular formula is C9H14N4O2S2. The van der Waals surface area contributed by atoms with E-state index in [0.717, 1.165) is 12.8 Å². The molecule has 1 fully saturated rings. The second-order valence-corrected chi connectivity index (χ2v) is 6.35. The van der Waals surface area contributed by atoms with Crippen molar-refractivity contribution >= 4 is 27.2 Å². The Kier molecular flexibility index (Phi) is 3.19. The van der Waals surface area contributed by atoms with Gasteiger partial charge in [-0.1, -0.05) is 12.2 Å². The third-order valence-corrected chi connectivity index (χ3v) is 4.56. The molecule has 1 aromatic heterocycles. The van der Waals surface area contributed by atoms with Gasteiger partial charge in [0.2, 0.25) is 10.0 Å². The van der Waals surface area contributed by atoms with Gasteiger partial charge in [0.05, 0.1) is 22.9 Å². The minimum atomic E-state index is -3.61. The quantitative estimate of drug-likeness (QED) is 0.659. The zero-order valence-corrected chi connectivity index (χ0v) is 10.9. The summed E-state index contributed by atoms with van der Waals surface area (Å²) in [6.07, 6.45) is 3.19. The van der Waals surface area contributed by atoms with Crippen molar-refractivity contribution in [3.8, 4) is 0 Å². The van der Waals surface area contributed by atoms with Crippen LogP contribution in [-0.2, 0) is 10.0 Å². The van der Waals surface area contributed by atoms with E-state index in [4.69, 9.17) is 18.0 Å². The number of sulfonamides is 1. The lowest BCUT2D eigenvalue weighted by molar-refractivity contribution is 0.564. The van der Waals surface area contributed by atoms with Crippen LogP contribution in [0.15, 0.2) is 11.1 Å². The predicted octanol–water partition coefficient (Wildman–Crippen LogP) is 0.0611. The average Bonchev–Trinajstić information content (AvgIpc) is 2.97. The molecular weight excluding hydrogens is 260 g/mol. The Morgan fingerprint density at radius 2 is 2.35 bits per heavy atom. The summed E-state index contributed by atoms with van der Waals surface area (Å²) < 4.78 is 26.7. The number of hydrogen-bond donors (Lipinski definition) is 3. The van der Waals surface area contributed by atoms with Crippen LogP contribution in [0.1, 0.15) is 18.5 Å². The van der Waals surface area contributed by atoms with Gasteiger partial charge in [0.15, 0.2) is 0 Å². The topological polar surface area (TPSA) is 101 Å². The Hall–Kier alpha value is -0.990. The van der Waals surface area contributed by atoms with Gasteiger partial charge in [0.1, 0.15) is 4.90 Å². The average molecular weight is 274 g/mol. The lowest BCUT2D eigenvalue weighted by Crippen LogP contribution is -2.44. The SMILES string of the molecule is Cc1[nH]ncc1S(=O)(=O)NC(C(N)=S)C1CC1. The molecule has 1 atom stereocenters. The highest BCUT2D eigenvalue weighted by Crippen LogP contribution is 2.33. The summed E-state index contributed by atoms with van der Waals surface area (Å²) in [6.45, 7) is 1.65. The minimum absolute atomic E-state index is 0.138. The summed E-state index contributed by atoms with van der Waals surface area (Å²) in [5, 5.41) is 6.28. The van der Waals surface area contributed by atoms with E-state index in [9.17, 15) is 8.42 Å². The molecule has 0 radical (unpaired) electrons. The van der Waals surface area contributed by atoms with E-state index >= 15 is 0 Å². The highest BCUT2D eigenvalue weighted by molar-refractivity contribution is 7.89. The van der Waals surface area contributed by atoms with Crippen molar-refractivity contribution in [1.29, 1.82) is 0 Å². The number of nitrogens with one attached hydrogen (secondary N) is 2. The minimum Gasteiger partial charge on any atom is -0.392 e. The fraction of sp³-hybridized carbons (Fsp3) is 0.556. The predicted molar refractivity (Wildman–Crippen MR) is 66.9 cm³/mol. The van der Waals surface area contributed by atoms with Crippen LogP contribution in [0.5, 0.6) is 0 Å². The van der Waals surface area contributed by atoms with Crippen molar-refractivity contribution in [2.75, 3.05) is 0 Å². The highest BCUT2D eigenvalue weighted by Gasteiger charge is 2.36. The van der Waals surface area contributed by atoms with Gasteiger partial charge in [0.25, 0.3) is 0 Å². The van der Waals surface area contributed by atoms with Gasteiger partial charge in [-0.2, -0.15) is 5.10 Å². The summed E-state index contributed by atoms with van der Waals surface area (Å²) >= 11 is 4.89. The van der Waals surface area contributed by atoms with Crippen LogP contribution in [0.3, 0.4) is 0 Å². The summed E-state index contributed by atoms with van der Waals surface area (Å²) in [6, 6.07) is -0.454. The Morgan fingerprint density at radius 1 is 1.71 bits per heavy atom. The zero-order chi connectivity index (χ0) is 12.6. The fourth-order valence-corrected chi connectivity index (χ4v) is 3.40. The van der Waals surface area contributed by atoms with Crippen LogP contribution in [0.2, 0.25) is 0 Å². The number of hydrogen-bond acceptors (Lipinski definition) is 4. The first-order valence-electron chi connectivity index (χ1n) is 5.23. The van der Waals surface area contributed by atoms with Crippen LogP contribution in [0.25, 0.3) is 0 Å². The summed E-state index contributed by atoms with van der Waals surface area (Å²) in [4.78, 5) is 0.330. The molecule has 0 aromatic carbocycles. The van der Waals surface area contributed by atoms with Gasteiger partial charge in [-0.05, 0) is 25.7 Å². The lowest BCUT2D eigenvalue weighted by atomic mass is 10.2. The monoisotopic (exact) mass is 274 g/mol. The third-order valence-electron chi connectivity index (χ3n) is 2.76. The van der Waals surface area contributed by atoms with Gasteiger partial charge in [-0.3, -0.25) is 5.10 Å². The number of rotatable bonds is 5. The van der Waals surface area contributed by atoms with Crippen molar-refractivity contribution in [2.24, 2.45) is 11.7 Å². The van der Waals surface area contributed by atoms with Crippen LogP contribution in [-0.4, -0.2) is 29.6 Å². The molecule has 1 heterocycles. The lowest BCUT2D eigenvalue weighted by Gasteiger charge is -2.16. The molecule has 0 aliphatic heterocycles. The van der Waals surface area contributed by atoms with Crippen LogP contribution < -0.4 is 10.5 Å². The maximum atomic E-state index is 12.1. The molecule has 0 saturated heterocycles. The summed E-state index contributed by atoms with van der Waals surface area (Å²) in [7, 11) is -3.61. The number of aromatic amines is 1. The molecule has 6 nitrogen and oxygen atoms in total. The largest absolute Gasteiger partial charge is 0.392 e. The Morgan fingerprint density at radius 3 is 2.76 bits per heavy atom. The first kappa shape index (κ1) is 12.5. The van der Waals surface area contributed by atoms with E-state index in [0.29, 0.717) is 5.69 Å². The number of nitrogens with two attached hydrogens (primary N) is 1. The molecule has 94 valence electrons. The Balaban J connectivity index is 2.22. The molecule has 1 saturated carbocycles. The molecule has 1 unspecified atom stereocenters. The molecule has 2 rings (SSSR count). The number of thiocarbonyl (C=S) groups is 1. The second-order valence-electron chi connectivity index (χ2n) is 4.20. The first-order valence-corrected chi connectivity index (χ1v) is 7.12. The van der Waals surface area contributed by atoms with Crippen LogP contribution in [0.4, 0.5) is 0 Å². The highest BCUT2D eigenvalue weighted by atomic mass is 32.2. The third kappa shape index (κ3) is 2.64. The molecule has 1 aliphatic rings. The number of aromatic nitrogens is 2. The summed E-state index contributed by atoms with van der Waals surface area (Å²) in [5.41, 5.74) is 6.05. The van der Waals surface area contributed by atoms with Gasteiger partial charge < -0.3 is 5.73 Å². The molecule has 0 bridgehead atoms. The number of nitrogens with zero attached hydrogens (tertiary/aromatic N) is 1. The van der Waals surface area contributed by atoms with Crippen molar-refractivity contribution in [3.63, 3.8) is 0 Å².